The van der Waals surface area contributed by atoms with Crippen LogP contribution in [0.25, 0.3) is 0 Å². The maximum absolute atomic E-state index is 3.59. The molecule has 1 saturated carbocycles. The van der Waals surface area contributed by atoms with Crippen molar-refractivity contribution in [1.29, 1.82) is 0 Å². The van der Waals surface area contributed by atoms with Crippen molar-refractivity contribution in [2.24, 2.45) is 11.8 Å². The van der Waals surface area contributed by atoms with Crippen molar-refractivity contribution in [3.8, 4) is 0 Å². The topological polar surface area (TPSA) is 12.0 Å². The Hall–Kier alpha value is -0.0400. The predicted molar refractivity (Wildman–Crippen MR) is 66.0 cm³/mol. The molecule has 1 aliphatic carbocycles. The monoisotopic (exact) mass is 209 g/mol. The molecule has 0 amide bonds. The highest BCUT2D eigenvalue weighted by atomic mass is 14.9. The van der Waals surface area contributed by atoms with Crippen LogP contribution in [0.5, 0.6) is 0 Å². The molecule has 0 radical (unpaired) electrons. The molecule has 0 aromatic carbocycles. The van der Waals surface area contributed by atoms with Crippen molar-refractivity contribution in [1.82, 2.24) is 5.32 Å². The van der Waals surface area contributed by atoms with Crippen LogP contribution in [-0.4, -0.2) is 13.1 Å². The van der Waals surface area contributed by atoms with Crippen LogP contribution < -0.4 is 5.32 Å². The van der Waals surface area contributed by atoms with E-state index in [-0.39, 0.29) is 0 Å². The third-order valence-corrected chi connectivity index (χ3v) is 4.38. The molecule has 1 unspecified atom stereocenters. The minimum Gasteiger partial charge on any atom is -0.316 e. The van der Waals surface area contributed by atoms with Gasteiger partial charge in [0.05, 0.1) is 0 Å². The summed E-state index contributed by atoms with van der Waals surface area (Å²) in [5, 5.41) is 3.59. The molecule has 0 bridgehead atoms. The first-order valence-corrected chi connectivity index (χ1v) is 7.17. The Labute approximate surface area is 95.0 Å². The smallest absolute Gasteiger partial charge is 0.00173 e. The molecule has 1 nitrogen and oxygen atoms in total. The fraction of sp³-hybridized carbons (Fsp3) is 1.00. The van der Waals surface area contributed by atoms with E-state index >= 15 is 0 Å². The second-order valence-electron chi connectivity index (χ2n) is 5.58. The van der Waals surface area contributed by atoms with Crippen LogP contribution in [0.2, 0.25) is 0 Å². The molecule has 1 aliphatic heterocycles. The standard InChI is InChI=1S/C14H27N/c1-2-4-6-8-10-14-12-15-11-13(14)9-7-5-3-1/h13-15H,1-12H2/t13-,14?/m1/s1. The Balaban J connectivity index is 1.77. The Morgan fingerprint density at radius 3 is 1.40 bits per heavy atom. The van der Waals surface area contributed by atoms with Gasteiger partial charge in [-0.1, -0.05) is 51.4 Å². The van der Waals surface area contributed by atoms with Crippen molar-refractivity contribution in [2.45, 2.75) is 64.2 Å². The Morgan fingerprint density at radius 2 is 0.933 bits per heavy atom. The van der Waals surface area contributed by atoms with Crippen LogP contribution in [0.15, 0.2) is 0 Å². The molecule has 88 valence electrons. The van der Waals surface area contributed by atoms with E-state index < -0.39 is 0 Å². The Kier molecular flexibility index (Phi) is 4.98. The lowest BCUT2D eigenvalue weighted by molar-refractivity contribution is 0.341. The summed E-state index contributed by atoms with van der Waals surface area (Å²) in [5.74, 6) is 2.04. The second kappa shape index (κ2) is 6.52. The van der Waals surface area contributed by atoms with Crippen molar-refractivity contribution >= 4 is 0 Å². The number of hydrogen-bond donors (Lipinski definition) is 1. The van der Waals surface area contributed by atoms with Gasteiger partial charge in [0, 0.05) is 0 Å². The van der Waals surface area contributed by atoms with Gasteiger partial charge < -0.3 is 5.32 Å². The van der Waals surface area contributed by atoms with Gasteiger partial charge in [0.15, 0.2) is 0 Å². The lowest BCUT2D eigenvalue weighted by Crippen LogP contribution is -2.12. The van der Waals surface area contributed by atoms with Gasteiger partial charge in [-0.15, -0.1) is 0 Å². The van der Waals surface area contributed by atoms with Crippen molar-refractivity contribution in [2.75, 3.05) is 13.1 Å². The second-order valence-corrected chi connectivity index (χ2v) is 5.58. The van der Waals surface area contributed by atoms with Gasteiger partial charge in [-0.25, -0.2) is 0 Å². The summed E-state index contributed by atoms with van der Waals surface area (Å²) in [6, 6.07) is 0. The van der Waals surface area contributed by atoms with Gasteiger partial charge in [-0.3, -0.25) is 0 Å². The summed E-state index contributed by atoms with van der Waals surface area (Å²) in [4.78, 5) is 0. The number of rotatable bonds is 0. The summed E-state index contributed by atoms with van der Waals surface area (Å²) >= 11 is 0. The van der Waals surface area contributed by atoms with E-state index in [1.165, 1.54) is 77.3 Å². The highest BCUT2D eigenvalue weighted by Crippen LogP contribution is 2.28. The van der Waals surface area contributed by atoms with Gasteiger partial charge in [-0.05, 0) is 37.8 Å². The summed E-state index contributed by atoms with van der Waals surface area (Å²) in [6.45, 7) is 2.62. The lowest BCUT2D eigenvalue weighted by atomic mass is 9.86. The molecule has 1 N–H and O–H groups in total. The van der Waals surface area contributed by atoms with Gasteiger partial charge in [0.25, 0.3) is 0 Å². The fourth-order valence-corrected chi connectivity index (χ4v) is 3.34. The first kappa shape index (κ1) is 11.4. The van der Waals surface area contributed by atoms with Crippen LogP contribution in [0.3, 0.4) is 0 Å². The summed E-state index contributed by atoms with van der Waals surface area (Å²) in [6.07, 6.45) is 14.9. The van der Waals surface area contributed by atoms with Gasteiger partial charge in [0.1, 0.15) is 0 Å². The first-order valence-electron chi connectivity index (χ1n) is 7.17. The maximum atomic E-state index is 3.59. The van der Waals surface area contributed by atoms with Crippen LogP contribution in [0.4, 0.5) is 0 Å². The van der Waals surface area contributed by atoms with Crippen molar-refractivity contribution < 1.29 is 0 Å². The highest BCUT2D eigenvalue weighted by molar-refractivity contribution is 4.81. The zero-order valence-electron chi connectivity index (χ0n) is 10.1. The van der Waals surface area contributed by atoms with E-state index in [9.17, 15) is 0 Å². The predicted octanol–water partition coefficient (Wildman–Crippen LogP) is 3.74. The van der Waals surface area contributed by atoms with E-state index in [1.54, 1.807) is 0 Å². The van der Waals surface area contributed by atoms with Crippen LogP contribution in [-0.2, 0) is 0 Å². The van der Waals surface area contributed by atoms with Gasteiger partial charge >= 0.3 is 0 Å². The molecule has 15 heavy (non-hydrogen) atoms. The molecule has 2 aliphatic rings. The van der Waals surface area contributed by atoms with E-state index in [4.69, 9.17) is 0 Å². The van der Waals surface area contributed by atoms with E-state index in [0.717, 1.165) is 11.8 Å². The molecular weight excluding hydrogens is 182 g/mol. The molecule has 2 rings (SSSR count). The minimum absolute atomic E-state index is 1.02. The number of nitrogens with one attached hydrogen (secondary N) is 1. The van der Waals surface area contributed by atoms with Crippen molar-refractivity contribution in [3.63, 3.8) is 0 Å². The number of fused-ring (bicyclic) bond motifs is 1. The van der Waals surface area contributed by atoms with E-state index in [1.807, 2.05) is 0 Å². The molecule has 0 aromatic heterocycles. The van der Waals surface area contributed by atoms with Crippen LogP contribution >= 0.6 is 0 Å². The van der Waals surface area contributed by atoms with Gasteiger partial charge in [0.2, 0.25) is 0 Å². The highest BCUT2D eigenvalue weighted by Gasteiger charge is 2.25. The molecule has 2 atom stereocenters. The van der Waals surface area contributed by atoms with Crippen LogP contribution in [0.1, 0.15) is 64.2 Å². The summed E-state index contributed by atoms with van der Waals surface area (Å²) < 4.78 is 0. The molecular formula is C14H27N. The third-order valence-electron chi connectivity index (χ3n) is 4.38. The van der Waals surface area contributed by atoms with Gasteiger partial charge in [-0.2, -0.15) is 0 Å². The van der Waals surface area contributed by atoms with E-state index in [2.05, 4.69) is 5.32 Å². The number of hydrogen-bond acceptors (Lipinski definition) is 1. The third kappa shape index (κ3) is 3.79. The van der Waals surface area contributed by atoms with Crippen molar-refractivity contribution in [3.05, 3.63) is 0 Å². The molecule has 1 heteroatoms. The zero-order valence-corrected chi connectivity index (χ0v) is 10.1. The van der Waals surface area contributed by atoms with E-state index in [0.29, 0.717) is 0 Å². The SMILES string of the molecule is C1CCCCC[C@@H]2CNCC2CCCC1. The molecule has 1 saturated heterocycles. The molecule has 0 aromatic rings. The average molecular weight is 209 g/mol. The Morgan fingerprint density at radius 1 is 0.533 bits per heavy atom. The minimum atomic E-state index is 1.02. The average Bonchev–Trinajstić information content (AvgIpc) is 2.65. The van der Waals surface area contributed by atoms with Crippen LogP contribution in [0, 0.1) is 11.8 Å². The summed E-state index contributed by atoms with van der Waals surface area (Å²) in [5.41, 5.74) is 0. The maximum Gasteiger partial charge on any atom is -0.00173 e. The molecule has 1 heterocycles. The fourth-order valence-electron chi connectivity index (χ4n) is 3.34. The lowest BCUT2D eigenvalue weighted by Gasteiger charge is -2.19. The normalized spacial score (nSPS) is 35.2. The molecule has 0 spiro atoms. The molecule has 2 fully saturated rings. The largest absolute Gasteiger partial charge is 0.316 e. The summed E-state index contributed by atoms with van der Waals surface area (Å²) in [7, 11) is 0. The first-order chi connectivity index (χ1) is 7.47. The Bertz CT molecular complexity index is 149. The zero-order chi connectivity index (χ0) is 10.3. The quantitative estimate of drug-likeness (QED) is 0.641.